The van der Waals surface area contributed by atoms with E-state index in [9.17, 15) is 0 Å². The predicted molar refractivity (Wildman–Crippen MR) is 234 cm³/mol. The molecule has 10 aromatic rings. The van der Waals surface area contributed by atoms with Crippen molar-refractivity contribution in [2.24, 2.45) is 0 Å². The highest BCUT2D eigenvalue weighted by molar-refractivity contribution is 7.99. The number of aromatic nitrogens is 3. The van der Waals surface area contributed by atoms with Crippen LogP contribution in [0.1, 0.15) is 22.3 Å². The molecule has 0 saturated heterocycles. The number of nitrogens with zero attached hydrogens (tertiary/aromatic N) is 3. The molecule has 1 spiro atoms. The van der Waals surface area contributed by atoms with Gasteiger partial charge in [0.05, 0.1) is 27.8 Å². The molecule has 3 heterocycles. The van der Waals surface area contributed by atoms with Crippen molar-refractivity contribution in [3.63, 3.8) is 0 Å². The quantitative estimate of drug-likeness (QED) is 0.180. The standard InChI is InChI=1S/C53H33N3S/c1-2-15-34(16-3-1)45-33-46(35-29-31-36(32-30-35)56-47-25-10-5-18-38(47)39-19-6-11-26-48(39)56)55-52(54-45)41-21-14-20-40-37-17-4-7-22-42(37)53(51(40)41)43-23-8-12-27-49(43)57-50-28-13-9-24-44(50)53/h1-33H. The lowest BCUT2D eigenvalue weighted by Crippen LogP contribution is -2.32. The second-order valence-electron chi connectivity index (χ2n) is 14.9. The molecule has 8 aromatic carbocycles. The van der Waals surface area contributed by atoms with Crippen LogP contribution in [-0.2, 0) is 5.41 Å². The largest absolute Gasteiger partial charge is 0.309 e. The highest BCUT2D eigenvalue weighted by Gasteiger charge is 2.51. The smallest absolute Gasteiger partial charge is 0.160 e. The van der Waals surface area contributed by atoms with E-state index in [1.807, 2.05) is 11.8 Å². The first-order valence-corrected chi connectivity index (χ1v) is 20.2. The van der Waals surface area contributed by atoms with Crippen molar-refractivity contribution in [2.75, 3.05) is 0 Å². The molecule has 2 aromatic heterocycles. The van der Waals surface area contributed by atoms with Gasteiger partial charge < -0.3 is 4.57 Å². The zero-order valence-corrected chi connectivity index (χ0v) is 31.6. The molecule has 1 aliphatic heterocycles. The van der Waals surface area contributed by atoms with Gasteiger partial charge in [-0.3, -0.25) is 0 Å². The van der Waals surface area contributed by atoms with E-state index < -0.39 is 5.41 Å². The SMILES string of the molecule is c1ccc(-c2cc(-c3ccc(-n4c5ccccc5c5ccccc54)cc3)nc(-c3cccc4c3C3(c5ccccc5Sc5ccccc53)c3ccccc3-4)n2)cc1. The number of hydrogen-bond donors (Lipinski definition) is 0. The average Bonchev–Trinajstić information content (AvgIpc) is 3.78. The normalized spacial score (nSPS) is 13.3. The number of fused-ring (bicyclic) bond motifs is 12. The molecule has 57 heavy (non-hydrogen) atoms. The van der Waals surface area contributed by atoms with Crippen molar-refractivity contribution < 1.29 is 0 Å². The van der Waals surface area contributed by atoms with Crippen molar-refractivity contribution in [1.82, 2.24) is 14.5 Å². The van der Waals surface area contributed by atoms with Gasteiger partial charge >= 0.3 is 0 Å². The first-order valence-electron chi connectivity index (χ1n) is 19.4. The second kappa shape index (κ2) is 12.5. The van der Waals surface area contributed by atoms with Crippen molar-refractivity contribution in [2.45, 2.75) is 15.2 Å². The summed E-state index contributed by atoms with van der Waals surface area (Å²) in [5.74, 6) is 0.718. The van der Waals surface area contributed by atoms with E-state index in [2.05, 4.69) is 205 Å². The summed E-state index contributed by atoms with van der Waals surface area (Å²) in [6, 6.07) is 72.3. The zero-order valence-electron chi connectivity index (χ0n) is 30.8. The van der Waals surface area contributed by atoms with Crippen molar-refractivity contribution in [3.05, 3.63) is 222 Å². The molecule has 0 unspecified atom stereocenters. The van der Waals surface area contributed by atoms with Crippen LogP contribution in [0.5, 0.6) is 0 Å². The van der Waals surface area contributed by atoms with Gasteiger partial charge in [0.2, 0.25) is 0 Å². The monoisotopic (exact) mass is 743 g/mol. The van der Waals surface area contributed by atoms with Gasteiger partial charge in [-0.2, -0.15) is 0 Å². The predicted octanol–water partition coefficient (Wildman–Crippen LogP) is 13.4. The van der Waals surface area contributed by atoms with Gasteiger partial charge in [-0.15, -0.1) is 0 Å². The zero-order chi connectivity index (χ0) is 37.5. The van der Waals surface area contributed by atoms with Crippen molar-refractivity contribution in [1.29, 1.82) is 0 Å². The number of para-hydroxylation sites is 2. The highest BCUT2D eigenvalue weighted by Crippen LogP contribution is 2.63. The van der Waals surface area contributed by atoms with Crippen LogP contribution >= 0.6 is 11.8 Å². The molecule has 12 rings (SSSR count). The molecule has 3 nitrogen and oxygen atoms in total. The molecular formula is C53H33N3S. The van der Waals surface area contributed by atoms with E-state index in [1.165, 1.54) is 65.0 Å². The van der Waals surface area contributed by atoms with Gasteiger partial charge in [0.1, 0.15) is 0 Å². The summed E-state index contributed by atoms with van der Waals surface area (Å²) >= 11 is 1.86. The summed E-state index contributed by atoms with van der Waals surface area (Å²) in [6.07, 6.45) is 0. The molecule has 4 heteroatoms. The van der Waals surface area contributed by atoms with E-state index in [4.69, 9.17) is 9.97 Å². The Morgan fingerprint density at radius 1 is 0.404 bits per heavy atom. The summed E-state index contributed by atoms with van der Waals surface area (Å²) < 4.78 is 2.36. The van der Waals surface area contributed by atoms with Crippen molar-refractivity contribution >= 4 is 33.6 Å². The number of rotatable bonds is 4. The Morgan fingerprint density at radius 3 is 1.58 bits per heavy atom. The van der Waals surface area contributed by atoms with Crippen LogP contribution < -0.4 is 0 Å². The van der Waals surface area contributed by atoms with Crippen LogP contribution in [0.15, 0.2) is 210 Å². The molecule has 0 atom stereocenters. The van der Waals surface area contributed by atoms with Gasteiger partial charge in [-0.05, 0) is 75.8 Å². The van der Waals surface area contributed by atoms with Gasteiger partial charge in [0.25, 0.3) is 0 Å². The van der Waals surface area contributed by atoms with Gasteiger partial charge in [-0.25, -0.2) is 9.97 Å². The summed E-state index contributed by atoms with van der Waals surface area (Å²) in [5.41, 5.74) is 15.5. The topological polar surface area (TPSA) is 30.7 Å². The van der Waals surface area contributed by atoms with Crippen LogP contribution in [0.2, 0.25) is 0 Å². The Hall–Kier alpha value is -7.01. The fourth-order valence-corrected chi connectivity index (χ4v) is 10.7. The van der Waals surface area contributed by atoms with Gasteiger partial charge in [0.15, 0.2) is 5.82 Å². The minimum Gasteiger partial charge on any atom is -0.309 e. The third-order valence-electron chi connectivity index (χ3n) is 11.9. The van der Waals surface area contributed by atoms with Crippen LogP contribution in [0.25, 0.3) is 72.5 Å². The van der Waals surface area contributed by atoms with E-state index in [0.717, 1.165) is 39.6 Å². The highest BCUT2D eigenvalue weighted by atomic mass is 32.2. The van der Waals surface area contributed by atoms with Crippen LogP contribution in [-0.4, -0.2) is 14.5 Å². The Labute approximate surface area is 335 Å². The number of benzene rings is 8. The molecular weight excluding hydrogens is 711 g/mol. The number of hydrogen-bond acceptors (Lipinski definition) is 3. The molecule has 0 bridgehead atoms. The molecule has 0 saturated carbocycles. The summed E-state index contributed by atoms with van der Waals surface area (Å²) in [6.45, 7) is 0. The summed E-state index contributed by atoms with van der Waals surface area (Å²) in [7, 11) is 0. The third kappa shape index (κ3) is 4.68. The van der Waals surface area contributed by atoms with Crippen molar-refractivity contribution in [3.8, 4) is 50.7 Å². The van der Waals surface area contributed by atoms with E-state index in [0.29, 0.717) is 0 Å². The summed E-state index contributed by atoms with van der Waals surface area (Å²) in [5, 5.41) is 2.50. The molecule has 0 N–H and O–H groups in total. The van der Waals surface area contributed by atoms with Gasteiger partial charge in [0, 0.05) is 42.9 Å². The molecule has 0 radical (unpaired) electrons. The Morgan fingerprint density at radius 2 is 0.912 bits per heavy atom. The van der Waals surface area contributed by atoms with Crippen LogP contribution in [0.3, 0.4) is 0 Å². The lowest BCUT2D eigenvalue weighted by molar-refractivity contribution is 0.723. The molecule has 266 valence electrons. The first kappa shape index (κ1) is 32.3. The van der Waals surface area contributed by atoms with Gasteiger partial charge in [-0.1, -0.05) is 169 Å². The Balaban J connectivity index is 1.09. The molecule has 0 amide bonds. The van der Waals surface area contributed by atoms with E-state index >= 15 is 0 Å². The first-order chi connectivity index (χ1) is 28.3. The van der Waals surface area contributed by atoms with E-state index in [1.54, 1.807) is 0 Å². The maximum atomic E-state index is 5.50. The fraction of sp³-hybridized carbons (Fsp3) is 0.0189. The lowest BCUT2D eigenvalue weighted by Gasteiger charge is -2.40. The lowest BCUT2D eigenvalue weighted by atomic mass is 9.66. The molecule has 1 aliphatic carbocycles. The van der Waals surface area contributed by atoms with Crippen LogP contribution in [0.4, 0.5) is 0 Å². The minimum absolute atomic E-state index is 0.544. The Bertz CT molecular complexity index is 3120. The molecule has 2 aliphatic rings. The molecule has 0 fully saturated rings. The Kier molecular flexibility index (Phi) is 7.08. The maximum absolute atomic E-state index is 5.50. The third-order valence-corrected chi connectivity index (χ3v) is 13.1. The van der Waals surface area contributed by atoms with Crippen LogP contribution in [0, 0.1) is 0 Å². The summed E-state index contributed by atoms with van der Waals surface area (Å²) in [4.78, 5) is 13.5. The van der Waals surface area contributed by atoms with E-state index in [-0.39, 0.29) is 0 Å². The minimum atomic E-state index is -0.544. The maximum Gasteiger partial charge on any atom is 0.160 e. The average molecular weight is 744 g/mol. The second-order valence-corrected chi connectivity index (χ2v) is 15.9. The fourth-order valence-electron chi connectivity index (χ4n) is 9.56.